The van der Waals surface area contributed by atoms with Crippen molar-refractivity contribution in [2.75, 3.05) is 5.32 Å². The summed E-state index contributed by atoms with van der Waals surface area (Å²) in [4.78, 5) is 29.1. The molecule has 0 bridgehead atoms. The molecule has 2 aromatic heterocycles. The molecule has 86 valence electrons. The van der Waals surface area contributed by atoms with Crippen LogP contribution in [0, 0.1) is 0 Å². The van der Waals surface area contributed by atoms with Gasteiger partial charge in [0.25, 0.3) is 5.91 Å². The number of hydrogen-bond donors (Lipinski definition) is 3. The van der Waals surface area contributed by atoms with Crippen LogP contribution in [0.5, 0.6) is 0 Å². The van der Waals surface area contributed by atoms with Crippen molar-refractivity contribution < 1.29 is 14.7 Å². The number of aromatic nitrogens is 2. The van der Waals surface area contributed by atoms with Crippen LogP contribution in [0.1, 0.15) is 20.8 Å². The van der Waals surface area contributed by atoms with Crippen LogP contribution in [-0.4, -0.2) is 27.0 Å². The molecule has 0 aliphatic carbocycles. The lowest BCUT2D eigenvalue weighted by Crippen LogP contribution is -2.15. The van der Waals surface area contributed by atoms with Gasteiger partial charge in [-0.25, -0.2) is 4.79 Å². The Balaban J connectivity index is 2.25. The fourth-order valence-corrected chi connectivity index (χ4v) is 1.34. The quantitative estimate of drug-likeness (QED) is 0.743. The van der Waals surface area contributed by atoms with Crippen LogP contribution in [-0.2, 0) is 0 Å². The van der Waals surface area contributed by atoms with Crippen LogP contribution >= 0.6 is 0 Å². The number of carboxylic acids is 1. The Morgan fingerprint density at radius 1 is 1.35 bits per heavy atom. The number of rotatable bonds is 3. The van der Waals surface area contributed by atoms with Gasteiger partial charge >= 0.3 is 5.97 Å². The number of hydrogen-bond acceptors (Lipinski definition) is 3. The second-order valence-corrected chi connectivity index (χ2v) is 3.26. The maximum Gasteiger partial charge on any atom is 0.337 e. The number of carboxylic acid groups (broad SMARTS) is 1. The number of carbonyl (C=O) groups excluding carboxylic acids is 1. The van der Waals surface area contributed by atoms with E-state index in [4.69, 9.17) is 5.11 Å². The van der Waals surface area contributed by atoms with Crippen molar-refractivity contribution in [1.82, 2.24) is 9.97 Å². The Kier molecular flexibility index (Phi) is 2.87. The van der Waals surface area contributed by atoms with Gasteiger partial charge in [-0.15, -0.1) is 0 Å². The first kappa shape index (κ1) is 10.9. The number of carbonyl (C=O) groups is 2. The summed E-state index contributed by atoms with van der Waals surface area (Å²) in [5, 5.41) is 11.4. The lowest BCUT2D eigenvalue weighted by atomic mass is 10.2. The molecule has 6 nitrogen and oxygen atoms in total. The highest BCUT2D eigenvalue weighted by molar-refractivity contribution is 6.06. The molecule has 6 heteroatoms. The number of nitrogens with zero attached hydrogens (tertiary/aromatic N) is 1. The molecule has 0 aromatic carbocycles. The second kappa shape index (κ2) is 4.48. The van der Waals surface area contributed by atoms with E-state index in [1.807, 2.05) is 0 Å². The van der Waals surface area contributed by atoms with Crippen LogP contribution in [0.15, 0.2) is 36.8 Å². The molecule has 0 aliphatic heterocycles. The summed E-state index contributed by atoms with van der Waals surface area (Å²) in [5.74, 6) is -1.53. The minimum Gasteiger partial charge on any atom is -0.478 e. The van der Waals surface area contributed by atoms with E-state index in [0.29, 0.717) is 5.69 Å². The van der Waals surface area contributed by atoms with Crippen LogP contribution < -0.4 is 5.32 Å². The number of aromatic carboxylic acids is 1. The van der Waals surface area contributed by atoms with E-state index in [1.54, 1.807) is 18.3 Å². The number of H-pyrrole nitrogens is 1. The van der Waals surface area contributed by atoms with E-state index in [0.717, 1.165) is 0 Å². The minimum atomic E-state index is -1.12. The molecule has 0 fully saturated rings. The molecule has 17 heavy (non-hydrogen) atoms. The van der Waals surface area contributed by atoms with E-state index in [2.05, 4.69) is 15.3 Å². The van der Waals surface area contributed by atoms with Crippen molar-refractivity contribution in [3.05, 3.63) is 48.0 Å². The van der Waals surface area contributed by atoms with Crippen molar-refractivity contribution in [2.45, 2.75) is 0 Å². The predicted octanol–water partition coefficient (Wildman–Crippen LogP) is 1.36. The summed E-state index contributed by atoms with van der Waals surface area (Å²) in [5.41, 5.74) is 0.518. The fourth-order valence-electron chi connectivity index (χ4n) is 1.34. The van der Waals surface area contributed by atoms with Crippen molar-refractivity contribution in [2.24, 2.45) is 0 Å². The number of pyridine rings is 1. The molecule has 0 aliphatic rings. The maximum absolute atomic E-state index is 11.7. The minimum absolute atomic E-state index is 0.0000869. The third kappa shape index (κ3) is 2.31. The Labute approximate surface area is 96.3 Å². The van der Waals surface area contributed by atoms with Crippen LogP contribution in [0.4, 0.5) is 5.69 Å². The first-order valence-corrected chi connectivity index (χ1v) is 4.80. The molecule has 2 aromatic rings. The summed E-state index contributed by atoms with van der Waals surface area (Å²) in [6, 6.07) is 4.59. The van der Waals surface area contributed by atoms with Gasteiger partial charge in [-0.1, -0.05) is 0 Å². The van der Waals surface area contributed by atoms with Gasteiger partial charge < -0.3 is 15.4 Å². The van der Waals surface area contributed by atoms with E-state index in [1.165, 1.54) is 18.5 Å². The molecule has 0 saturated carbocycles. The fraction of sp³-hybridized carbons (Fsp3) is 0. The van der Waals surface area contributed by atoms with E-state index >= 15 is 0 Å². The third-order valence-corrected chi connectivity index (χ3v) is 2.14. The average molecular weight is 231 g/mol. The number of aromatic amines is 1. The van der Waals surface area contributed by atoms with Crippen molar-refractivity contribution in [1.29, 1.82) is 0 Å². The molecule has 3 N–H and O–H groups in total. The van der Waals surface area contributed by atoms with Crippen LogP contribution in [0.3, 0.4) is 0 Å². The van der Waals surface area contributed by atoms with Gasteiger partial charge in [0, 0.05) is 12.4 Å². The zero-order chi connectivity index (χ0) is 12.3. The molecule has 0 radical (unpaired) electrons. The molecule has 0 saturated heterocycles. The predicted molar refractivity (Wildman–Crippen MR) is 59.9 cm³/mol. The summed E-state index contributed by atoms with van der Waals surface area (Å²) < 4.78 is 0. The molecular weight excluding hydrogens is 222 g/mol. The zero-order valence-electron chi connectivity index (χ0n) is 8.68. The lowest BCUT2D eigenvalue weighted by Gasteiger charge is -2.06. The highest BCUT2D eigenvalue weighted by Gasteiger charge is 2.13. The Hall–Kier alpha value is -2.63. The van der Waals surface area contributed by atoms with Gasteiger partial charge in [-0.3, -0.25) is 9.78 Å². The van der Waals surface area contributed by atoms with E-state index in [-0.39, 0.29) is 11.3 Å². The molecule has 2 heterocycles. The number of amides is 1. The summed E-state index contributed by atoms with van der Waals surface area (Å²) in [7, 11) is 0. The van der Waals surface area contributed by atoms with Crippen molar-refractivity contribution in [3.8, 4) is 0 Å². The van der Waals surface area contributed by atoms with Gasteiger partial charge in [0.15, 0.2) is 0 Å². The number of anilines is 1. The lowest BCUT2D eigenvalue weighted by molar-refractivity contribution is 0.0698. The van der Waals surface area contributed by atoms with Crippen molar-refractivity contribution >= 4 is 17.6 Å². The maximum atomic E-state index is 11.7. The third-order valence-electron chi connectivity index (χ3n) is 2.14. The van der Waals surface area contributed by atoms with E-state index < -0.39 is 11.9 Å². The van der Waals surface area contributed by atoms with E-state index in [9.17, 15) is 9.59 Å². The zero-order valence-corrected chi connectivity index (χ0v) is 8.68. The number of nitrogens with one attached hydrogen (secondary N) is 2. The summed E-state index contributed by atoms with van der Waals surface area (Å²) in [6.45, 7) is 0. The monoisotopic (exact) mass is 231 g/mol. The summed E-state index contributed by atoms with van der Waals surface area (Å²) in [6.07, 6.45) is 4.26. The van der Waals surface area contributed by atoms with Gasteiger partial charge in [-0.2, -0.15) is 0 Å². The van der Waals surface area contributed by atoms with Gasteiger partial charge in [0.1, 0.15) is 5.69 Å². The molecule has 1 amide bonds. The molecule has 0 atom stereocenters. The highest BCUT2D eigenvalue weighted by atomic mass is 16.4. The normalized spacial score (nSPS) is 9.88. The molecular formula is C11H9N3O3. The molecule has 0 unspecified atom stereocenters. The largest absolute Gasteiger partial charge is 0.478 e. The Morgan fingerprint density at radius 2 is 2.18 bits per heavy atom. The average Bonchev–Trinajstić information content (AvgIpc) is 2.83. The van der Waals surface area contributed by atoms with Crippen molar-refractivity contribution in [3.63, 3.8) is 0 Å². The van der Waals surface area contributed by atoms with Crippen LogP contribution in [0.25, 0.3) is 0 Å². The first-order chi connectivity index (χ1) is 8.18. The SMILES string of the molecule is O=C(Nc1cnccc1C(=O)O)c1ccc[nH]1. The summed E-state index contributed by atoms with van der Waals surface area (Å²) >= 11 is 0. The highest BCUT2D eigenvalue weighted by Crippen LogP contribution is 2.14. The van der Waals surface area contributed by atoms with Gasteiger partial charge in [0.05, 0.1) is 17.4 Å². The van der Waals surface area contributed by atoms with Gasteiger partial charge in [-0.05, 0) is 18.2 Å². The molecule has 2 rings (SSSR count). The standard InChI is InChI=1S/C11H9N3O3/c15-10(8-2-1-4-13-8)14-9-6-12-5-3-7(9)11(16)17/h1-6,13H,(H,14,15)(H,16,17). The first-order valence-electron chi connectivity index (χ1n) is 4.80. The van der Waals surface area contributed by atoms with Gasteiger partial charge in [0.2, 0.25) is 0 Å². The Bertz CT molecular complexity index is 549. The topological polar surface area (TPSA) is 95.1 Å². The molecule has 0 spiro atoms. The second-order valence-electron chi connectivity index (χ2n) is 3.26. The van der Waals surface area contributed by atoms with Crippen LogP contribution in [0.2, 0.25) is 0 Å². The smallest absolute Gasteiger partial charge is 0.337 e. The Morgan fingerprint density at radius 3 is 2.82 bits per heavy atom.